The number of hydrogen-bond acceptors (Lipinski definition) is 5. The zero-order chi connectivity index (χ0) is 20.4. The molecule has 0 fully saturated rings. The van der Waals surface area contributed by atoms with Gasteiger partial charge in [-0.15, -0.1) is 0 Å². The van der Waals surface area contributed by atoms with E-state index in [0.717, 1.165) is 5.56 Å². The van der Waals surface area contributed by atoms with E-state index in [1.54, 1.807) is 20.8 Å². The topological polar surface area (TPSA) is 68.2 Å². The Morgan fingerprint density at radius 3 is 2.11 bits per heavy atom. The van der Waals surface area contributed by atoms with E-state index in [-0.39, 0.29) is 0 Å². The van der Waals surface area contributed by atoms with Crippen molar-refractivity contribution in [2.24, 2.45) is 4.99 Å². The number of amides is 1. The molecule has 1 amide bonds. The van der Waals surface area contributed by atoms with E-state index < -0.39 is 29.2 Å². The van der Waals surface area contributed by atoms with Gasteiger partial charge in [-0.2, -0.15) is 0 Å². The number of nitrogens with zero attached hydrogens (tertiary/aromatic N) is 2. The molecule has 0 aromatic heterocycles. The molecule has 3 rings (SSSR count). The molecule has 2 atom stereocenters. The smallest absolute Gasteiger partial charge is 0.416 e. The van der Waals surface area contributed by atoms with Gasteiger partial charge in [-0.05, 0) is 31.9 Å². The number of aliphatic imine (C=N–C) groups is 1. The molecule has 0 bridgehead atoms. The Labute approximate surface area is 164 Å². The summed E-state index contributed by atoms with van der Waals surface area (Å²) in [7, 11) is 1.32. The zero-order valence-electron chi connectivity index (χ0n) is 16.5. The summed E-state index contributed by atoms with van der Waals surface area (Å²) in [5.74, 6) is -0.546. The predicted molar refractivity (Wildman–Crippen MR) is 106 cm³/mol. The summed E-state index contributed by atoms with van der Waals surface area (Å²) < 4.78 is 10.7. The van der Waals surface area contributed by atoms with Crippen LogP contribution in [0.15, 0.2) is 65.7 Å². The summed E-state index contributed by atoms with van der Waals surface area (Å²) in [5, 5.41) is 0. The van der Waals surface area contributed by atoms with Crippen LogP contribution in [-0.2, 0) is 19.8 Å². The summed E-state index contributed by atoms with van der Waals surface area (Å²) in [6, 6.07) is 17.7. The molecule has 0 aliphatic carbocycles. The van der Waals surface area contributed by atoms with Gasteiger partial charge in [-0.3, -0.25) is 4.90 Å². The summed E-state index contributed by atoms with van der Waals surface area (Å²) in [4.78, 5) is 31.9. The first-order valence-electron chi connectivity index (χ1n) is 9.05. The van der Waals surface area contributed by atoms with Crippen molar-refractivity contribution in [1.29, 1.82) is 0 Å². The van der Waals surface area contributed by atoms with Gasteiger partial charge in [0.05, 0.1) is 13.4 Å². The van der Waals surface area contributed by atoms with Crippen LogP contribution in [0, 0.1) is 0 Å². The highest BCUT2D eigenvalue weighted by Gasteiger charge is 2.56. The maximum absolute atomic E-state index is 13.1. The van der Waals surface area contributed by atoms with Crippen molar-refractivity contribution in [3.8, 4) is 0 Å². The highest BCUT2D eigenvalue weighted by Crippen LogP contribution is 2.47. The van der Waals surface area contributed by atoms with Gasteiger partial charge in [-0.25, -0.2) is 14.6 Å². The van der Waals surface area contributed by atoms with E-state index in [0.29, 0.717) is 5.56 Å². The van der Waals surface area contributed by atoms with Gasteiger partial charge in [0.15, 0.2) is 0 Å². The van der Waals surface area contributed by atoms with E-state index >= 15 is 0 Å². The quantitative estimate of drug-likeness (QED) is 0.753. The number of ether oxygens (including phenoxy) is 2. The SMILES string of the molecule is COC(=O)[C@@]1(c2ccccc2)N=CN(C(=O)OC(C)(C)C)[C@H]1c1ccccc1. The lowest BCUT2D eigenvalue weighted by molar-refractivity contribution is -0.149. The number of rotatable bonds is 3. The Morgan fingerprint density at radius 2 is 1.57 bits per heavy atom. The van der Waals surface area contributed by atoms with E-state index in [1.165, 1.54) is 18.3 Å². The summed E-state index contributed by atoms with van der Waals surface area (Å²) in [6.07, 6.45) is 0.794. The van der Waals surface area contributed by atoms with Gasteiger partial charge >= 0.3 is 12.1 Å². The third-order valence-corrected chi connectivity index (χ3v) is 4.49. The van der Waals surface area contributed by atoms with Gasteiger partial charge in [0, 0.05) is 0 Å². The highest BCUT2D eigenvalue weighted by atomic mass is 16.6. The molecule has 1 heterocycles. The van der Waals surface area contributed by atoms with Crippen LogP contribution in [0.2, 0.25) is 0 Å². The summed E-state index contributed by atoms with van der Waals surface area (Å²) in [6.45, 7) is 5.38. The number of carbonyl (C=O) groups excluding carboxylic acids is 2. The number of hydrogen-bond donors (Lipinski definition) is 0. The number of esters is 1. The standard InChI is InChI=1S/C22H24N2O4/c1-21(2,3)28-20(26)24-15-23-22(19(25)27-4,17-13-9-6-10-14-17)18(24)16-11-7-5-8-12-16/h5-15,18H,1-4H3/t18-,22-/m0/s1. The van der Waals surface area contributed by atoms with Crippen molar-refractivity contribution in [3.05, 3.63) is 71.8 Å². The molecule has 0 N–H and O–H groups in total. The van der Waals surface area contributed by atoms with Crippen LogP contribution in [0.5, 0.6) is 0 Å². The lowest BCUT2D eigenvalue weighted by Gasteiger charge is -2.35. The van der Waals surface area contributed by atoms with Crippen molar-refractivity contribution >= 4 is 18.4 Å². The fraction of sp³-hybridized carbons (Fsp3) is 0.318. The third-order valence-electron chi connectivity index (χ3n) is 4.49. The number of methoxy groups -OCH3 is 1. The molecular formula is C22H24N2O4. The van der Waals surface area contributed by atoms with Crippen LogP contribution < -0.4 is 0 Å². The molecule has 6 nitrogen and oxygen atoms in total. The molecule has 0 radical (unpaired) electrons. The second-order valence-electron chi connectivity index (χ2n) is 7.57. The normalized spacial score (nSPS) is 21.4. The predicted octanol–water partition coefficient (Wildman–Crippen LogP) is 4.08. The minimum Gasteiger partial charge on any atom is -0.467 e. The maximum Gasteiger partial charge on any atom is 0.416 e. The van der Waals surface area contributed by atoms with Gasteiger partial charge in [0.2, 0.25) is 5.54 Å². The molecule has 1 aliphatic rings. The third kappa shape index (κ3) is 3.50. The number of benzene rings is 2. The monoisotopic (exact) mass is 380 g/mol. The second-order valence-corrected chi connectivity index (χ2v) is 7.57. The van der Waals surface area contributed by atoms with Crippen LogP contribution in [0.25, 0.3) is 0 Å². The molecule has 6 heteroatoms. The van der Waals surface area contributed by atoms with E-state index in [1.807, 2.05) is 60.7 Å². The fourth-order valence-electron chi connectivity index (χ4n) is 3.36. The van der Waals surface area contributed by atoms with Crippen molar-refractivity contribution in [2.75, 3.05) is 7.11 Å². The Balaban J connectivity index is 2.17. The van der Waals surface area contributed by atoms with Crippen molar-refractivity contribution < 1.29 is 19.1 Å². The average molecular weight is 380 g/mol. The lowest BCUT2D eigenvalue weighted by Crippen LogP contribution is -2.46. The zero-order valence-corrected chi connectivity index (χ0v) is 16.5. The van der Waals surface area contributed by atoms with Gasteiger partial charge in [-0.1, -0.05) is 60.7 Å². The van der Waals surface area contributed by atoms with E-state index in [9.17, 15) is 9.59 Å². The molecule has 2 aromatic rings. The van der Waals surface area contributed by atoms with E-state index in [4.69, 9.17) is 9.47 Å². The Bertz CT molecular complexity index is 874. The molecular weight excluding hydrogens is 356 g/mol. The van der Waals surface area contributed by atoms with E-state index in [2.05, 4.69) is 4.99 Å². The number of carbonyl (C=O) groups is 2. The second kappa shape index (κ2) is 7.46. The van der Waals surface area contributed by atoms with Gasteiger partial charge < -0.3 is 9.47 Å². The summed E-state index contributed by atoms with van der Waals surface area (Å²) in [5.41, 5.74) is -0.720. The minimum atomic E-state index is -1.42. The largest absolute Gasteiger partial charge is 0.467 e. The summed E-state index contributed by atoms with van der Waals surface area (Å²) >= 11 is 0. The van der Waals surface area contributed by atoms with Crippen LogP contribution in [-0.4, -0.2) is 36.0 Å². The first-order valence-corrected chi connectivity index (χ1v) is 9.05. The molecule has 0 unspecified atom stereocenters. The fourth-order valence-corrected chi connectivity index (χ4v) is 3.36. The lowest BCUT2D eigenvalue weighted by atomic mass is 9.80. The Kier molecular flexibility index (Phi) is 5.23. The van der Waals surface area contributed by atoms with Crippen LogP contribution in [0.3, 0.4) is 0 Å². The van der Waals surface area contributed by atoms with Crippen molar-refractivity contribution in [2.45, 2.75) is 38.0 Å². The maximum atomic E-state index is 13.1. The molecule has 0 spiro atoms. The van der Waals surface area contributed by atoms with Gasteiger partial charge in [0.25, 0.3) is 0 Å². The minimum absolute atomic E-state index is 0.546. The van der Waals surface area contributed by atoms with Crippen molar-refractivity contribution in [1.82, 2.24) is 4.90 Å². The Morgan fingerprint density at radius 1 is 1.00 bits per heavy atom. The van der Waals surface area contributed by atoms with Crippen LogP contribution in [0.1, 0.15) is 37.9 Å². The molecule has 146 valence electrons. The molecule has 1 aliphatic heterocycles. The molecule has 28 heavy (non-hydrogen) atoms. The molecule has 0 saturated heterocycles. The Hall–Kier alpha value is -3.15. The van der Waals surface area contributed by atoms with Crippen LogP contribution in [0.4, 0.5) is 4.79 Å². The van der Waals surface area contributed by atoms with Gasteiger partial charge in [0.1, 0.15) is 11.6 Å². The van der Waals surface area contributed by atoms with Crippen molar-refractivity contribution in [3.63, 3.8) is 0 Å². The average Bonchev–Trinajstić information content (AvgIpc) is 3.09. The van der Waals surface area contributed by atoms with Crippen LogP contribution >= 0.6 is 0 Å². The first-order chi connectivity index (χ1) is 13.3. The highest BCUT2D eigenvalue weighted by molar-refractivity contribution is 5.94. The molecule has 0 saturated carbocycles. The first kappa shape index (κ1) is 19.6. The molecule has 2 aromatic carbocycles.